The van der Waals surface area contributed by atoms with Crippen LogP contribution in [-0.4, -0.2) is 43.5 Å². The van der Waals surface area contributed by atoms with Crippen molar-refractivity contribution in [1.29, 1.82) is 0 Å². The number of sulfonamides is 1. The van der Waals surface area contributed by atoms with Crippen LogP contribution in [0, 0.1) is 6.92 Å². The fourth-order valence-corrected chi connectivity index (χ4v) is 4.47. The monoisotopic (exact) mass is 354 g/mol. The molecule has 0 radical (unpaired) electrons. The Hall–Kier alpha value is -1.64. The maximum Gasteiger partial charge on any atom is 0.273 e. The van der Waals surface area contributed by atoms with Gasteiger partial charge in [0, 0.05) is 11.6 Å². The van der Waals surface area contributed by atoms with Crippen LogP contribution in [0.15, 0.2) is 34.7 Å². The molecule has 23 heavy (non-hydrogen) atoms. The Morgan fingerprint density at radius 2 is 2.17 bits per heavy atom. The van der Waals surface area contributed by atoms with Crippen molar-refractivity contribution in [1.82, 2.24) is 9.29 Å². The molecule has 0 atom stereocenters. The summed E-state index contributed by atoms with van der Waals surface area (Å²) in [6.45, 7) is 4.97. The second-order valence-corrected chi connectivity index (χ2v) is 8.02. The van der Waals surface area contributed by atoms with Gasteiger partial charge in [0.15, 0.2) is 0 Å². The van der Waals surface area contributed by atoms with E-state index in [1.54, 1.807) is 24.4 Å². The van der Waals surface area contributed by atoms with E-state index in [4.69, 9.17) is 9.47 Å². The largest absolute Gasteiger partial charge is 0.494 e. The number of hydrogen-bond acceptors (Lipinski definition) is 6. The minimum atomic E-state index is -3.49. The van der Waals surface area contributed by atoms with E-state index in [9.17, 15) is 8.42 Å². The molecule has 1 aliphatic heterocycles. The van der Waals surface area contributed by atoms with E-state index < -0.39 is 10.0 Å². The first-order valence-electron chi connectivity index (χ1n) is 7.30. The number of nitrogens with zero attached hydrogens (tertiary/aromatic N) is 2. The van der Waals surface area contributed by atoms with E-state index in [2.05, 4.69) is 4.98 Å². The van der Waals surface area contributed by atoms with Crippen molar-refractivity contribution in [2.45, 2.75) is 24.8 Å². The minimum absolute atomic E-state index is 0.139. The van der Waals surface area contributed by atoms with Crippen molar-refractivity contribution in [3.8, 4) is 10.9 Å². The molecular weight excluding hydrogens is 336 g/mol. The van der Waals surface area contributed by atoms with Gasteiger partial charge in [-0.1, -0.05) is 11.3 Å². The number of hydrogen-bond donors (Lipinski definition) is 0. The third kappa shape index (κ3) is 3.34. The Bertz CT molecular complexity index is 769. The lowest BCUT2D eigenvalue weighted by Gasteiger charge is -2.37. The lowest BCUT2D eigenvalue weighted by molar-refractivity contribution is 0.0759. The highest BCUT2D eigenvalue weighted by Crippen LogP contribution is 2.28. The molecule has 0 N–H and O–H groups in total. The molecule has 0 unspecified atom stereocenters. The van der Waals surface area contributed by atoms with Crippen LogP contribution in [0.2, 0.25) is 0 Å². The summed E-state index contributed by atoms with van der Waals surface area (Å²) in [4.78, 5) is 4.32. The fraction of sp³-hybridized carbons (Fsp3) is 0.400. The van der Waals surface area contributed by atoms with Gasteiger partial charge < -0.3 is 9.47 Å². The van der Waals surface area contributed by atoms with Crippen LogP contribution in [0.1, 0.15) is 12.5 Å². The van der Waals surface area contributed by atoms with Gasteiger partial charge in [0.1, 0.15) is 11.9 Å². The molecule has 0 amide bonds. The van der Waals surface area contributed by atoms with Crippen LogP contribution in [0.4, 0.5) is 0 Å². The van der Waals surface area contributed by atoms with Gasteiger partial charge in [-0.25, -0.2) is 13.4 Å². The number of aryl methyl sites for hydroxylation is 1. The number of thiazole rings is 1. The van der Waals surface area contributed by atoms with E-state index >= 15 is 0 Å². The molecule has 2 aromatic rings. The van der Waals surface area contributed by atoms with Crippen molar-refractivity contribution >= 4 is 21.4 Å². The SMILES string of the molecule is CCOc1ccc(S(=O)(=O)N2CC(Oc3nccs3)C2)cc1C. The summed E-state index contributed by atoms with van der Waals surface area (Å²) >= 11 is 1.40. The van der Waals surface area contributed by atoms with Gasteiger partial charge in [-0.05, 0) is 37.6 Å². The zero-order chi connectivity index (χ0) is 16.4. The second-order valence-electron chi connectivity index (χ2n) is 5.22. The smallest absolute Gasteiger partial charge is 0.273 e. The van der Waals surface area contributed by atoms with Crippen LogP contribution in [0.3, 0.4) is 0 Å². The fourth-order valence-electron chi connectivity index (χ4n) is 2.33. The molecule has 0 spiro atoms. The molecule has 1 fully saturated rings. The standard InChI is InChI=1S/C15H18N2O4S2/c1-3-20-14-5-4-13(8-11(14)2)23(18,19)17-9-12(10-17)21-15-16-6-7-22-15/h4-8,12H,3,9-10H2,1-2H3. The Balaban J connectivity index is 1.67. The third-order valence-electron chi connectivity index (χ3n) is 3.58. The van der Waals surface area contributed by atoms with Gasteiger partial charge >= 0.3 is 0 Å². The van der Waals surface area contributed by atoms with Gasteiger partial charge in [-0.2, -0.15) is 4.31 Å². The normalized spacial score (nSPS) is 16.1. The van der Waals surface area contributed by atoms with Crippen molar-refractivity contribution in [2.24, 2.45) is 0 Å². The van der Waals surface area contributed by atoms with Gasteiger partial charge in [0.25, 0.3) is 5.19 Å². The number of ether oxygens (including phenoxy) is 2. The molecule has 6 nitrogen and oxygen atoms in total. The molecule has 1 aromatic heterocycles. The minimum Gasteiger partial charge on any atom is -0.494 e. The summed E-state index contributed by atoms with van der Waals surface area (Å²) in [7, 11) is -3.49. The lowest BCUT2D eigenvalue weighted by atomic mass is 10.2. The molecule has 0 bridgehead atoms. The summed E-state index contributed by atoms with van der Waals surface area (Å²) in [5.41, 5.74) is 0.809. The van der Waals surface area contributed by atoms with Crippen molar-refractivity contribution < 1.29 is 17.9 Å². The topological polar surface area (TPSA) is 68.7 Å². The van der Waals surface area contributed by atoms with Gasteiger partial charge in [0.05, 0.1) is 24.6 Å². The predicted octanol–water partition coefficient (Wildman–Crippen LogP) is 2.30. The summed E-state index contributed by atoms with van der Waals surface area (Å²) in [6, 6.07) is 4.94. The zero-order valence-electron chi connectivity index (χ0n) is 12.9. The number of rotatable bonds is 6. The van der Waals surface area contributed by atoms with Crippen molar-refractivity contribution in [3.05, 3.63) is 35.3 Å². The lowest BCUT2D eigenvalue weighted by Crippen LogP contribution is -2.55. The average molecular weight is 354 g/mol. The van der Waals surface area contributed by atoms with Crippen LogP contribution in [-0.2, 0) is 10.0 Å². The summed E-state index contributed by atoms with van der Waals surface area (Å²) in [6.07, 6.45) is 1.52. The maximum absolute atomic E-state index is 12.6. The quantitative estimate of drug-likeness (QED) is 0.796. The highest BCUT2D eigenvalue weighted by atomic mass is 32.2. The second kappa shape index (κ2) is 6.46. The molecule has 3 rings (SSSR count). The predicted molar refractivity (Wildman–Crippen MR) is 87.6 cm³/mol. The molecule has 1 saturated heterocycles. The Labute approximate surface area is 139 Å². The molecule has 124 valence electrons. The maximum atomic E-state index is 12.6. The van der Waals surface area contributed by atoms with Crippen LogP contribution >= 0.6 is 11.3 Å². The van der Waals surface area contributed by atoms with Crippen LogP contribution in [0.5, 0.6) is 10.9 Å². The van der Waals surface area contributed by atoms with Gasteiger partial charge in [-0.15, -0.1) is 0 Å². The zero-order valence-corrected chi connectivity index (χ0v) is 14.6. The molecule has 1 aromatic carbocycles. The van der Waals surface area contributed by atoms with Gasteiger partial charge in [-0.3, -0.25) is 0 Å². The molecular formula is C15H18N2O4S2. The summed E-state index contributed by atoms with van der Waals surface area (Å²) in [5.74, 6) is 0.708. The molecule has 0 saturated carbocycles. The van der Waals surface area contributed by atoms with Crippen molar-refractivity contribution in [2.75, 3.05) is 19.7 Å². The molecule has 0 aliphatic carbocycles. The number of benzene rings is 1. The first-order valence-corrected chi connectivity index (χ1v) is 9.62. The van der Waals surface area contributed by atoms with E-state index in [0.29, 0.717) is 30.6 Å². The van der Waals surface area contributed by atoms with Gasteiger partial charge in [0.2, 0.25) is 10.0 Å². The third-order valence-corrected chi connectivity index (χ3v) is 6.06. The Morgan fingerprint density at radius 3 is 2.78 bits per heavy atom. The van der Waals surface area contributed by atoms with E-state index in [0.717, 1.165) is 5.56 Å². The molecule has 8 heteroatoms. The summed E-state index contributed by atoms with van der Waals surface area (Å²) in [5, 5.41) is 2.40. The first kappa shape index (κ1) is 16.2. The summed E-state index contributed by atoms with van der Waals surface area (Å²) < 4.78 is 37.7. The van der Waals surface area contributed by atoms with Crippen LogP contribution < -0.4 is 9.47 Å². The average Bonchev–Trinajstić information content (AvgIpc) is 2.97. The molecule has 1 aliphatic rings. The number of aromatic nitrogens is 1. The first-order chi connectivity index (χ1) is 11.0. The Kier molecular flexibility index (Phi) is 4.56. The molecule has 2 heterocycles. The van der Waals surface area contributed by atoms with E-state index in [1.807, 2.05) is 19.2 Å². The van der Waals surface area contributed by atoms with Crippen LogP contribution in [0.25, 0.3) is 0 Å². The van der Waals surface area contributed by atoms with E-state index in [1.165, 1.54) is 15.6 Å². The Morgan fingerprint density at radius 1 is 1.39 bits per heavy atom. The van der Waals surface area contributed by atoms with E-state index in [-0.39, 0.29) is 11.0 Å². The highest BCUT2D eigenvalue weighted by Gasteiger charge is 2.38. The van der Waals surface area contributed by atoms with Crippen molar-refractivity contribution in [3.63, 3.8) is 0 Å². The highest BCUT2D eigenvalue weighted by molar-refractivity contribution is 7.89.